The van der Waals surface area contributed by atoms with E-state index in [-0.39, 0.29) is 17.5 Å². The second-order valence-corrected chi connectivity index (χ2v) is 8.06. The molecule has 4 rings (SSSR count). The van der Waals surface area contributed by atoms with Gasteiger partial charge in [0, 0.05) is 31.5 Å². The minimum atomic E-state index is -0.467. The molecule has 0 unspecified atom stereocenters. The third-order valence-electron chi connectivity index (χ3n) is 6.04. The molecule has 0 spiro atoms. The summed E-state index contributed by atoms with van der Waals surface area (Å²) in [6, 6.07) is 6.16. The van der Waals surface area contributed by atoms with Gasteiger partial charge in [-0.25, -0.2) is 18.9 Å². The summed E-state index contributed by atoms with van der Waals surface area (Å²) in [6.45, 7) is 5.08. The summed E-state index contributed by atoms with van der Waals surface area (Å²) in [6.07, 6.45) is 3.24. The molecule has 2 aromatic heterocycles. The first-order valence-electron chi connectivity index (χ1n) is 10.5. The Bertz CT molecular complexity index is 1100. The van der Waals surface area contributed by atoms with Crippen molar-refractivity contribution >= 4 is 5.91 Å². The number of carbonyl (C=O) groups excluding carboxylic acids is 1. The van der Waals surface area contributed by atoms with Crippen molar-refractivity contribution in [3.8, 4) is 5.69 Å². The fourth-order valence-corrected chi connectivity index (χ4v) is 4.24. The van der Waals surface area contributed by atoms with Gasteiger partial charge in [-0.1, -0.05) is 17.3 Å². The average molecular weight is 427 g/mol. The number of nitrogens with zero attached hydrogens (tertiary/aromatic N) is 4. The summed E-state index contributed by atoms with van der Waals surface area (Å²) in [5.41, 5.74) is 1.59. The Kier molecular flexibility index (Phi) is 6.01. The zero-order valence-corrected chi connectivity index (χ0v) is 17.7. The van der Waals surface area contributed by atoms with E-state index in [0.29, 0.717) is 38.2 Å². The maximum Gasteiger partial charge on any atom is 0.348 e. The number of piperidine rings is 1. The fraction of sp³-hybridized carbons (Fsp3) is 0.455. The van der Waals surface area contributed by atoms with Crippen LogP contribution in [0.3, 0.4) is 0 Å². The van der Waals surface area contributed by atoms with Crippen LogP contribution < -0.4 is 5.69 Å². The molecule has 0 saturated carbocycles. The van der Waals surface area contributed by atoms with Crippen LogP contribution in [0.25, 0.3) is 5.69 Å². The van der Waals surface area contributed by atoms with Crippen molar-refractivity contribution in [2.75, 3.05) is 13.1 Å². The molecule has 0 radical (unpaired) electrons. The number of halogens is 1. The highest BCUT2D eigenvalue weighted by Gasteiger charge is 2.25. The third kappa shape index (κ3) is 4.45. The van der Waals surface area contributed by atoms with Crippen LogP contribution in [-0.2, 0) is 17.6 Å². The minimum Gasteiger partial charge on any atom is -0.361 e. The molecule has 1 amide bonds. The van der Waals surface area contributed by atoms with Crippen LogP contribution in [0.5, 0.6) is 0 Å². The van der Waals surface area contributed by atoms with Gasteiger partial charge in [0.25, 0.3) is 0 Å². The number of aromatic nitrogens is 4. The van der Waals surface area contributed by atoms with Gasteiger partial charge < -0.3 is 9.42 Å². The van der Waals surface area contributed by atoms with Crippen LogP contribution in [0.2, 0.25) is 0 Å². The first-order valence-corrected chi connectivity index (χ1v) is 10.5. The number of carbonyl (C=O) groups is 1. The Morgan fingerprint density at radius 3 is 2.68 bits per heavy atom. The van der Waals surface area contributed by atoms with Gasteiger partial charge in [-0.05, 0) is 51.2 Å². The van der Waals surface area contributed by atoms with Gasteiger partial charge in [0.05, 0.1) is 11.4 Å². The SMILES string of the molecule is Cc1noc(C)c1CCC(=O)N1CCC(Cc2n[nH]c(=O)n2-c2ccccc2F)CC1. The zero-order valence-electron chi connectivity index (χ0n) is 17.7. The first-order chi connectivity index (χ1) is 14.9. The number of nitrogens with one attached hydrogen (secondary N) is 1. The Labute approximate surface area is 179 Å². The summed E-state index contributed by atoms with van der Waals surface area (Å²) < 4.78 is 20.7. The highest BCUT2D eigenvalue weighted by molar-refractivity contribution is 5.76. The van der Waals surface area contributed by atoms with Gasteiger partial charge >= 0.3 is 5.69 Å². The molecule has 3 aromatic rings. The summed E-state index contributed by atoms with van der Waals surface area (Å²) in [4.78, 5) is 26.7. The average Bonchev–Trinajstić information content (AvgIpc) is 3.28. The van der Waals surface area contributed by atoms with Crippen molar-refractivity contribution < 1.29 is 13.7 Å². The predicted molar refractivity (Wildman–Crippen MR) is 111 cm³/mol. The molecule has 1 aromatic carbocycles. The lowest BCUT2D eigenvalue weighted by molar-refractivity contribution is -0.132. The van der Waals surface area contributed by atoms with Gasteiger partial charge in [0.1, 0.15) is 17.4 Å². The van der Waals surface area contributed by atoms with E-state index < -0.39 is 11.5 Å². The van der Waals surface area contributed by atoms with Gasteiger partial charge in [-0.2, -0.15) is 5.10 Å². The van der Waals surface area contributed by atoms with E-state index in [2.05, 4.69) is 15.4 Å². The molecule has 9 heteroatoms. The van der Waals surface area contributed by atoms with E-state index in [1.165, 1.54) is 10.6 Å². The highest BCUT2D eigenvalue weighted by atomic mass is 19.1. The van der Waals surface area contributed by atoms with E-state index in [4.69, 9.17) is 4.52 Å². The number of para-hydroxylation sites is 1. The Morgan fingerprint density at radius 1 is 1.26 bits per heavy atom. The number of hydrogen-bond acceptors (Lipinski definition) is 5. The molecule has 0 atom stereocenters. The van der Waals surface area contributed by atoms with Crippen molar-refractivity contribution in [1.29, 1.82) is 0 Å². The molecule has 1 aliphatic rings. The maximum atomic E-state index is 14.2. The van der Waals surface area contributed by atoms with E-state index in [1.807, 2.05) is 18.7 Å². The number of amides is 1. The summed E-state index contributed by atoms with van der Waals surface area (Å²) in [5, 5.41) is 10.5. The standard InChI is InChI=1S/C22H26FN5O3/c1-14-17(15(2)31-26-14)7-8-21(29)27-11-9-16(10-12-27)13-20-24-25-22(30)28(20)19-6-4-3-5-18(19)23/h3-6,16H,7-13H2,1-2H3,(H,25,30). The topological polar surface area (TPSA) is 97.0 Å². The van der Waals surface area contributed by atoms with E-state index in [1.54, 1.807) is 18.2 Å². The van der Waals surface area contributed by atoms with Crippen molar-refractivity contribution in [1.82, 2.24) is 24.8 Å². The summed E-state index contributed by atoms with van der Waals surface area (Å²) >= 11 is 0. The number of rotatable bonds is 6. The molecule has 1 fully saturated rings. The van der Waals surface area contributed by atoms with Crippen LogP contribution in [0.15, 0.2) is 33.6 Å². The second-order valence-electron chi connectivity index (χ2n) is 8.06. The van der Waals surface area contributed by atoms with E-state index in [0.717, 1.165) is 29.9 Å². The molecule has 31 heavy (non-hydrogen) atoms. The molecular formula is C22H26FN5O3. The minimum absolute atomic E-state index is 0.126. The number of likely N-dealkylation sites (tertiary alicyclic amines) is 1. The van der Waals surface area contributed by atoms with Crippen molar-refractivity contribution in [3.63, 3.8) is 0 Å². The van der Waals surface area contributed by atoms with Gasteiger partial charge in [-0.15, -0.1) is 0 Å². The summed E-state index contributed by atoms with van der Waals surface area (Å²) in [7, 11) is 0. The molecular weight excluding hydrogens is 401 g/mol. The molecule has 0 bridgehead atoms. The lowest BCUT2D eigenvalue weighted by atomic mass is 9.93. The quantitative estimate of drug-likeness (QED) is 0.652. The predicted octanol–water partition coefficient (Wildman–Crippen LogP) is 2.72. The van der Waals surface area contributed by atoms with Crippen LogP contribution in [0.4, 0.5) is 4.39 Å². The zero-order chi connectivity index (χ0) is 22.0. The smallest absolute Gasteiger partial charge is 0.348 e. The molecule has 3 heterocycles. The van der Waals surface area contributed by atoms with Gasteiger partial charge in [-0.3, -0.25) is 4.79 Å². The number of benzene rings is 1. The van der Waals surface area contributed by atoms with Crippen molar-refractivity contribution in [2.45, 2.75) is 46.0 Å². The first kappa shape index (κ1) is 21.0. The summed E-state index contributed by atoms with van der Waals surface area (Å²) in [5.74, 6) is 1.21. The fourth-order valence-electron chi connectivity index (χ4n) is 4.24. The normalized spacial score (nSPS) is 14.9. The largest absolute Gasteiger partial charge is 0.361 e. The van der Waals surface area contributed by atoms with Crippen molar-refractivity contribution in [2.24, 2.45) is 5.92 Å². The lowest BCUT2D eigenvalue weighted by Gasteiger charge is -2.32. The van der Waals surface area contributed by atoms with Gasteiger partial charge in [0.15, 0.2) is 0 Å². The molecule has 164 valence electrons. The van der Waals surface area contributed by atoms with Gasteiger partial charge in [0.2, 0.25) is 5.91 Å². The Hall–Kier alpha value is -3.23. The molecule has 1 aliphatic heterocycles. The van der Waals surface area contributed by atoms with Crippen LogP contribution in [0.1, 0.15) is 42.1 Å². The Balaban J connectivity index is 1.35. The number of aryl methyl sites for hydroxylation is 2. The van der Waals surface area contributed by atoms with Crippen LogP contribution in [-0.4, -0.2) is 43.8 Å². The molecule has 0 aliphatic carbocycles. The van der Waals surface area contributed by atoms with E-state index >= 15 is 0 Å². The maximum absolute atomic E-state index is 14.2. The lowest BCUT2D eigenvalue weighted by Crippen LogP contribution is -2.39. The molecule has 8 nitrogen and oxygen atoms in total. The Morgan fingerprint density at radius 2 is 2.00 bits per heavy atom. The van der Waals surface area contributed by atoms with E-state index in [9.17, 15) is 14.0 Å². The number of aromatic amines is 1. The van der Waals surface area contributed by atoms with Crippen LogP contribution >= 0.6 is 0 Å². The van der Waals surface area contributed by atoms with Crippen LogP contribution in [0, 0.1) is 25.6 Å². The van der Waals surface area contributed by atoms with Crippen molar-refractivity contribution in [3.05, 3.63) is 63.4 Å². The molecule has 1 N–H and O–H groups in total. The number of hydrogen-bond donors (Lipinski definition) is 1. The number of H-pyrrole nitrogens is 1. The monoisotopic (exact) mass is 427 g/mol. The highest BCUT2D eigenvalue weighted by Crippen LogP contribution is 2.23. The second kappa shape index (κ2) is 8.87. The third-order valence-corrected chi connectivity index (χ3v) is 6.04. The molecule has 1 saturated heterocycles.